The highest BCUT2D eigenvalue weighted by Gasteiger charge is 2.31. The number of nitrogens with one attached hydrogen (secondary N) is 1. The average Bonchev–Trinajstić information content (AvgIpc) is 2.27. The summed E-state index contributed by atoms with van der Waals surface area (Å²) in [6.07, 6.45) is 5.62. The van der Waals surface area contributed by atoms with Crippen molar-refractivity contribution in [2.24, 2.45) is 5.41 Å². The second kappa shape index (κ2) is 6.05. The summed E-state index contributed by atoms with van der Waals surface area (Å²) in [6, 6.07) is 3.56. The number of aromatic nitrogens is 1. The van der Waals surface area contributed by atoms with Crippen molar-refractivity contribution >= 4 is 24.0 Å². The lowest BCUT2D eigenvalue weighted by Crippen LogP contribution is -2.40. The fraction of sp³-hybridized carbons (Fsp3) is 0.538. The molecule has 0 atom stereocenters. The van der Waals surface area contributed by atoms with Gasteiger partial charge >= 0.3 is 0 Å². The molecule has 0 radical (unpaired) electrons. The first-order chi connectivity index (χ1) is 8.07. The Bertz CT molecular complexity index is 401. The van der Waals surface area contributed by atoms with Crippen molar-refractivity contribution in [3.05, 3.63) is 24.0 Å². The zero-order valence-electron chi connectivity index (χ0n) is 10.6. The second-order valence-electron chi connectivity index (χ2n) is 5.20. The third kappa shape index (κ3) is 3.88. The molecular weight excluding hydrogens is 250 g/mol. The van der Waals surface area contributed by atoms with Gasteiger partial charge in [0.25, 0.3) is 0 Å². The molecule has 0 aliphatic heterocycles. The van der Waals surface area contributed by atoms with E-state index in [2.05, 4.69) is 17.2 Å². The van der Waals surface area contributed by atoms with Crippen LogP contribution in [-0.4, -0.2) is 17.4 Å². The maximum Gasteiger partial charge on any atom is 0.226 e. The monoisotopic (exact) mass is 269 g/mol. The Morgan fingerprint density at radius 3 is 2.72 bits per heavy atom. The molecule has 1 aromatic rings. The summed E-state index contributed by atoms with van der Waals surface area (Å²) in [4.78, 5) is 15.8. The molecule has 3 N–H and O–H groups in total. The normalized spacial score (nSPS) is 16.3. The zero-order chi connectivity index (χ0) is 12.3. The van der Waals surface area contributed by atoms with Gasteiger partial charge in [0.2, 0.25) is 5.91 Å². The first-order valence-electron chi connectivity index (χ1n) is 6.05. The van der Waals surface area contributed by atoms with Crippen LogP contribution in [0.5, 0.6) is 0 Å². The van der Waals surface area contributed by atoms with E-state index in [4.69, 9.17) is 5.73 Å². The van der Waals surface area contributed by atoms with Gasteiger partial charge in [0.1, 0.15) is 0 Å². The lowest BCUT2D eigenvalue weighted by atomic mass is 9.70. The number of nitrogen functional groups attached to an aromatic ring is 1. The first-order valence-corrected chi connectivity index (χ1v) is 6.05. The highest BCUT2D eigenvalue weighted by Crippen LogP contribution is 2.39. The number of carbonyl (C=O) groups is 1. The minimum absolute atomic E-state index is 0. The van der Waals surface area contributed by atoms with Gasteiger partial charge in [-0.15, -0.1) is 12.4 Å². The summed E-state index contributed by atoms with van der Waals surface area (Å²) >= 11 is 0. The number of nitrogens with two attached hydrogens (primary N) is 1. The van der Waals surface area contributed by atoms with Crippen molar-refractivity contribution in [1.29, 1.82) is 0 Å². The van der Waals surface area contributed by atoms with Gasteiger partial charge in [0.05, 0.1) is 18.3 Å². The van der Waals surface area contributed by atoms with E-state index in [-0.39, 0.29) is 18.3 Å². The minimum Gasteiger partial charge on any atom is -0.397 e. The van der Waals surface area contributed by atoms with Crippen molar-refractivity contribution in [2.45, 2.75) is 32.6 Å². The van der Waals surface area contributed by atoms with E-state index in [1.807, 2.05) is 0 Å². The number of pyridine rings is 1. The van der Waals surface area contributed by atoms with Gasteiger partial charge in [-0.2, -0.15) is 0 Å². The predicted octanol–water partition coefficient (Wildman–Crippen LogP) is 1.93. The Morgan fingerprint density at radius 1 is 1.50 bits per heavy atom. The molecule has 1 heterocycles. The van der Waals surface area contributed by atoms with Crippen molar-refractivity contribution < 1.29 is 4.79 Å². The number of amides is 1. The summed E-state index contributed by atoms with van der Waals surface area (Å²) in [7, 11) is 0. The second-order valence-corrected chi connectivity index (χ2v) is 5.20. The summed E-state index contributed by atoms with van der Waals surface area (Å²) in [6.45, 7) is 3.00. The quantitative estimate of drug-likeness (QED) is 0.878. The molecule has 0 unspecified atom stereocenters. The molecule has 5 heteroatoms. The topological polar surface area (TPSA) is 68.0 Å². The molecule has 18 heavy (non-hydrogen) atoms. The Morgan fingerprint density at radius 2 is 2.22 bits per heavy atom. The lowest BCUT2D eigenvalue weighted by Gasteiger charge is -2.38. The van der Waals surface area contributed by atoms with Gasteiger partial charge in [-0.25, -0.2) is 0 Å². The summed E-state index contributed by atoms with van der Waals surface area (Å²) < 4.78 is 0. The molecule has 1 amide bonds. The number of nitrogens with zero attached hydrogens (tertiary/aromatic N) is 1. The molecule has 100 valence electrons. The average molecular weight is 270 g/mol. The van der Waals surface area contributed by atoms with Crippen LogP contribution in [0.15, 0.2) is 18.3 Å². The summed E-state index contributed by atoms with van der Waals surface area (Å²) in [5, 5.41) is 2.98. The smallest absolute Gasteiger partial charge is 0.226 e. The van der Waals surface area contributed by atoms with Crippen molar-refractivity contribution in [3.8, 4) is 0 Å². The number of hydrogen-bond acceptors (Lipinski definition) is 3. The van der Waals surface area contributed by atoms with Gasteiger partial charge in [0, 0.05) is 12.2 Å². The molecule has 0 spiro atoms. The van der Waals surface area contributed by atoms with Crippen LogP contribution in [0.2, 0.25) is 0 Å². The van der Waals surface area contributed by atoms with E-state index in [9.17, 15) is 4.79 Å². The van der Waals surface area contributed by atoms with E-state index in [0.29, 0.717) is 17.5 Å². The summed E-state index contributed by atoms with van der Waals surface area (Å²) in [5.41, 5.74) is 7.24. The lowest BCUT2D eigenvalue weighted by molar-refractivity contribution is -0.121. The third-order valence-electron chi connectivity index (χ3n) is 3.46. The fourth-order valence-corrected chi connectivity index (χ4v) is 2.04. The van der Waals surface area contributed by atoms with Crippen molar-refractivity contribution in [1.82, 2.24) is 10.3 Å². The predicted molar refractivity (Wildman–Crippen MR) is 74.6 cm³/mol. The molecule has 0 saturated heterocycles. The Hall–Kier alpha value is -1.29. The molecule has 1 fully saturated rings. The van der Waals surface area contributed by atoms with Crippen LogP contribution in [0.1, 0.15) is 31.9 Å². The van der Waals surface area contributed by atoms with Crippen molar-refractivity contribution in [2.75, 3.05) is 12.3 Å². The molecular formula is C13H20ClN3O. The van der Waals surface area contributed by atoms with Crippen LogP contribution in [-0.2, 0) is 11.2 Å². The van der Waals surface area contributed by atoms with E-state index < -0.39 is 0 Å². The van der Waals surface area contributed by atoms with Crippen LogP contribution < -0.4 is 11.1 Å². The minimum atomic E-state index is 0. The highest BCUT2D eigenvalue weighted by atomic mass is 35.5. The van der Waals surface area contributed by atoms with E-state index >= 15 is 0 Å². The van der Waals surface area contributed by atoms with Gasteiger partial charge in [-0.3, -0.25) is 9.78 Å². The number of anilines is 1. The zero-order valence-corrected chi connectivity index (χ0v) is 11.4. The van der Waals surface area contributed by atoms with Crippen LogP contribution in [0.4, 0.5) is 5.69 Å². The summed E-state index contributed by atoms with van der Waals surface area (Å²) in [5.74, 6) is 0.0374. The largest absolute Gasteiger partial charge is 0.397 e. The molecule has 1 saturated carbocycles. The molecule has 1 aromatic heterocycles. The first kappa shape index (κ1) is 14.8. The van der Waals surface area contributed by atoms with E-state index in [1.165, 1.54) is 19.3 Å². The van der Waals surface area contributed by atoms with Gasteiger partial charge in [-0.1, -0.05) is 13.3 Å². The van der Waals surface area contributed by atoms with Crippen molar-refractivity contribution in [3.63, 3.8) is 0 Å². The maximum atomic E-state index is 11.7. The van der Waals surface area contributed by atoms with E-state index in [0.717, 1.165) is 12.2 Å². The van der Waals surface area contributed by atoms with Gasteiger partial charge < -0.3 is 11.1 Å². The van der Waals surface area contributed by atoms with Crippen LogP contribution in [0.3, 0.4) is 0 Å². The molecule has 4 nitrogen and oxygen atoms in total. The Labute approximate surface area is 114 Å². The van der Waals surface area contributed by atoms with Crippen LogP contribution in [0, 0.1) is 5.41 Å². The molecule has 0 bridgehead atoms. The Kier molecular flexibility index (Phi) is 4.96. The highest BCUT2D eigenvalue weighted by molar-refractivity contribution is 5.85. The maximum absolute atomic E-state index is 11.7. The number of hydrogen-bond donors (Lipinski definition) is 2. The number of rotatable bonds is 4. The Balaban J connectivity index is 0.00000162. The van der Waals surface area contributed by atoms with Crippen LogP contribution in [0.25, 0.3) is 0 Å². The van der Waals surface area contributed by atoms with Crippen LogP contribution >= 0.6 is 12.4 Å². The van der Waals surface area contributed by atoms with Gasteiger partial charge in [-0.05, 0) is 30.4 Å². The molecule has 0 aromatic carbocycles. The third-order valence-corrected chi connectivity index (χ3v) is 3.46. The molecule has 1 aliphatic carbocycles. The fourth-order valence-electron chi connectivity index (χ4n) is 2.04. The molecule has 1 aliphatic rings. The number of halogens is 1. The van der Waals surface area contributed by atoms with Gasteiger partial charge in [0.15, 0.2) is 0 Å². The number of carbonyl (C=O) groups excluding carboxylic acids is 1. The van der Waals surface area contributed by atoms with E-state index in [1.54, 1.807) is 18.3 Å². The molecule has 2 rings (SSSR count). The standard InChI is InChI=1S/C13H19N3O.ClH/c1-13(5-2-6-13)9-16-12(17)7-11-4-3-10(14)8-15-11;/h3-4,8H,2,5-7,9,14H2,1H3,(H,16,17);1H. The SMILES string of the molecule is CC1(CNC(=O)Cc2ccc(N)cn2)CCC1.Cl.